The molecule has 0 unspecified atom stereocenters. The summed E-state index contributed by atoms with van der Waals surface area (Å²) in [6, 6.07) is 14.6. The molecule has 2 bridgehead atoms. The lowest BCUT2D eigenvalue weighted by atomic mass is 9.50. The van der Waals surface area contributed by atoms with Gasteiger partial charge in [0.15, 0.2) is 17.6 Å². The van der Waals surface area contributed by atoms with Crippen molar-refractivity contribution in [2.24, 2.45) is 5.92 Å². The van der Waals surface area contributed by atoms with Crippen molar-refractivity contribution in [2.75, 3.05) is 20.2 Å². The average Bonchev–Trinajstić information content (AvgIpc) is 3.58. The number of piperidine rings is 1. The third-order valence-electron chi connectivity index (χ3n) is 8.84. The topological polar surface area (TPSA) is 51.2 Å². The number of aliphatic hydroxyl groups is 1. The number of hydrogen-bond donors (Lipinski definition) is 1. The highest BCUT2D eigenvalue weighted by molar-refractivity contribution is 5.64. The van der Waals surface area contributed by atoms with Crippen molar-refractivity contribution < 1.29 is 19.3 Å². The molecule has 2 heterocycles. The van der Waals surface area contributed by atoms with Crippen LogP contribution in [0.3, 0.4) is 0 Å². The van der Waals surface area contributed by atoms with Crippen LogP contribution in [0.5, 0.6) is 11.5 Å². The van der Waals surface area contributed by atoms with Crippen LogP contribution in [0.25, 0.3) is 0 Å². The molecular weight excluding hydrogens is 414 g/mol. The minimum Gasteiger partial charge on any atom is -0.497 e. The number of likely N-dealkylation sites (tertiary alicyclic amines) is 1. The van der Waals surface area contributed by atoms with Crippen molar-refractivity contribution in [3.05, 3.63) is 71.0 Å². The zero-order valence-corrected chi connectivity index (χ0v) is 19.1. The van der Waals surface area contributed by atoms with E-state index in [0.717, 1.165) is 54.7 Å². The van der Waals surface area contributed by atoms with Gasteiger partial charge in [0.05, 0.1) is 18.1 Å². The van der Waals surface area contributed by atoms with Crippen LogP contribution < -0.4 is 9.47 Å². The molecule has 2 aromatic rings. The van der Waals surface area contributed by atoms with Crippen LogP contribution >= 0.6 is 0 Å². The van der Waals surface area contributed by atoms with E-state index in [2.05, 4.69) is 35.2 Å². The van der Waals surface area contributed by atoms with Gasteiger partial charge < -0.3 is 19.3 Å². The van der Waals surface area contributed by atoms with E-state index in [1.807, 2.05) is 18.2 Å². The Labute approximate surface area is 195 Å². The molecule has 2 aliphatic heterocycles. The SMILES string of the molecule is COC1=CC[C@@]2(O)[C@H]3Cc4ccc(OCc5ccccc5)c5c4[C@@]2(CCN3CC2CC2)[C@H]1O5. The van der Waals surface area contributed by atoms with Crippen molar-refractivity contribution in [2.45, 2.75) is 61.9 Å². The van der Waals surface area contributed by atoms with Gasteiger partial charge in [0, 0.05) is 24.6 Å². The third-order valence-corrected chi connectivity index (χ3v) is 8.84. The minimum absolute atomic E-state index is 0.113. The maximum Gasteiger partial charge on any atom is 0.168 e. The molecule has 3 aliphatic carbocycles. The Morgan fingerprint density at radius 3 is 2.79 bits per heavy atom. The van der Waals surface area contributed by atoms with E-state index in [9.17, 15) is 5.11 Å². The quantitative estimate of drug-likeness (QED) is 0.729. The van der Waals surface area contributed by atoms with Crippen LogP contribution in [0.1, 0.15) is 42.4 Å². The third kappa shape index (κ3) is 2.66. The van der Waals surface area contributed by atoms with Gasteiger partial charge >= 0.3 is 0 Å². The fourth-order valence-corrected chi connectivity index (χ4v) is 7.10. The second-order valence-electron chi connectivity index (χ2n) is 10.5. The standard InChI is InChI=1S/C28H31NO4/c1-31-22-11-12-28(30)23-15-20-9-10-21(32-17-19-5-3-2-4-6-19)25-24(20)27(28,26(22)33-25)13-14-29(23)16-18-7-8-18/h2-6,9-11,18,23,26,30H,7-8,12-17H2,1H3/t23-,26+,27+,28-/m1/s1. The molecule has 5 heteroatoms. The largest absolute Gasteiger partial charge is 0.497 e. The smallest absolute Gasteiger partial charge is 0.168 e. The van der Waals surface area contributed by atoms with Crippen molar-refractivity contribution in [3.8, 4) is 11.5 Å². The van der Waals surface area contributed by atoms with E-state index in [-0.39, 0.29) is 12.1 Å². The fourth-order valence-electron chi connectivity index (χ4n) is 7.10. The lowest BCUT2D eigenvalue weighted by Crippen LogP contribution is -2.75. The van der Waals surface area contributed by atoms with Gasteiger partial charge in [-0.1, -0.05) is 36.4 Å². The maximum atomic E-state index is 12.5. The summed E-state index contributed by atoms with van der Waals surface area (Å²) >= 11 is 0. The van der Waals surface area contributed by atoms with Crippen molar-refractivity contribution in [1.82, 2.24) is 4.90 Å². The van der Waals surface area contributed by atoms with Crippen LogP contribution in [0.2, 0.25) is 0 Å². The summed E-state index contributed by atoms with van der Waals surface area (Å²) in [4.78, 5) is 2.58. The molecule has 2 aromatic carbocycles. The van der Waals surface area contributed by atoms with Gasteiger partial charge in [-0.3, -0.25) is 4.90 Å². The van der Waals surface area contributed by atoms with E-state index in [4.69, 9.17) is 14.2 Å². The van der Waals surface area contributed by atoms with E-state index in [1.54, 1.807) is 7.11 Å². The molecule has 0 aromatic heterocycles. The zero-order chi connectivity index (χ0) is 22.2. The Kier molecular flexibility index (Phi) is 4.23. The molecule has 4 atom stereocenters. The first-order valence-electron chi connectivity index (χ1n) is 12.3. The monoisotopic (exact) mass is 445 g/mol. The van der Waals surface area contributed by atoms with Gasteiger partial charge in [0.2, 0.25) is 0 Å². The van der Waals surface area contributed by atoms with Crippen molar-refractivity contribution >= 4 is 0 Å². The first-order valence-corrected chi connectivity index (χ1v) is 12.3. The van der Waals surface area contributed by atoms with Crippen LogP contribution in [-0.4, -0.2) is 48.0 Å². The average molecular weight is 446 g/mol. The second-order valence-corrected chi connectivity index (χ2v) is 10.5. The number of methoxy groups -OCH3 is 1. The lowest BCUT2D eigenvalue weighted by Gasteiger charge is -2.62. The summed E-state index contributed by atoms with van der Waals surface area (Å²) in [5, 5.41) is 12.5. The first kappa shape index (κ1) is 19.9. The molecule has 0 radical (unpaired) electrons. The summed E-state index contributed by atoms with van der Waals surface area (Å²) in [5.74, 6) is 3.22. The molecule has 1 saturated heterocycles. The van der Waals surface area contributed by atoms with E-state index < -0.39 is 11.0 Å². The normalized spacial score (nSPS) is 33.7. The highest BCUT2D eigenvalue weighted by Crippen LogP contribution is 2.65. The van der Waals surface area contributed by atoms with Crippen LogP contribution in [-0.2, 0) is 23.2 Å². The van der Waals surface area contributed by atoms with Gasteiger partial charge in [0.25, 0.3) is 0 Å². The zero-order valence-electron chi connectivity index (χ0n) is 19.1. The molecule has 1 spiro atoms. The van der Waals surface area contributed by atoms with Crippen LogP contribution in [0.15, 0.2) is 54.3 Å². The Balaban J connectivity index is 1.33. The van der Waals surface area contributed by atoms with Crippen LogP contribution in [0, 0.1) is 5.92 Å². The van der Waals surface area contributed by atoms with Gasteiger partial charge in [-0.25, -0.2) is 0 Å². The van der Waals surface area contributed by atoms with E-state index in [1.165, 1.54) is 24.0 Å². The number of nitrogens with zero attached hydrogens (tertiary/aromatic N) is 1. The molecule has 172 valence electrons. The molecule has 0 amide bonds. The maximum absolute atomic E-state index is 12.5. The number of rotatable bonds is 6. The molecule has 5 nitrogen and oxygen atoms in total. The molecule has 7 rings (SSSR count). The number of ether oxygens (including phenoxy) is 3. The summed E-state index contributed by atoms with van der Waals surface area (Å²) in [6.45, 7) is 2.59. The Bertz CT molecular complexity index is 1130. The molecule has 33 heavy (non-hydrogen) atoms. The minimum atomic E-state index is -0.858. The predicted octanol–water partition coefficient (Wildman–Crippen LogP) is 3.97. The Morgan fingerprint density at radius 2 is 2.00 bits per heavy atom. The van der Waals surface area contributed by atoms with Gasteiger partial charge in [-0.2, -0.15) is 0 Å². The second kappa shape index (κ2) is 7.00. The Morgan fingerprint density at radius 1 is 1.15 bits per heavy atom. The first-order chi connectivity index (χ1) is 16.1. The summed E-state index contributed by atoms with van der Waals surface area (Å²) < 4.78 is 18.8. The molecular formula is C28H31NO4. The number of benzene rings is 2. The van der Waals surface area contributed by atoms with Crippen LogP contribution in [0.4, 0.5) is 0 Å². The summed E-state index contributed by atoms with van der Waals surface area (Å²) in [5.41, 5.74) is 2.26. The number of hydrogen-bond acceptors (Lipinski definition) is 5. The lowest BCUT2D eigenvalue weighted by molar-refractivity contribution is -0.169. The van der Waals surface area contributed by atoms with Gasteiger partial charge in [-0.15, -0.1) is 0 Å². The highest BCUT2D eigenvalue weighted by atomic mass is 16.6. The summed E-state index contributed by atoms with van der Waals surface area (Å²) in [7, 11) is 1.72. The van der Waals surface area contributed by atoms with Gasteiger partial charge in [-0.05, 0) is 61.4 Å². The molecule has 5 aliphatic rings. The Hall–Kier alpha value is -2.50. The molecule has 1 N–H and O–H groups in total. The van der Waals surface area contributed by atoms with Gasteiger partial charge in [0.1, 0.15) is 12.4 Å². The summed E-state index contributed by atoms with van der Waals surface area (Å²) in [6.07, 6.45) is 6.76. The molecule has 1 saturated carbocycles. The van der Waals surface area contributed by atoms with Crippen molar-refractivity contribution in [1.29, 1.82) is 0 Å². The van der Waals surface area contributed by atoms with Crippen molar-refractivity contribution in [3.63, 3.8) is 0 Å². The van der Waals surface area contributed by atoms with E-state index in [0.29, 0.717) is 13.0 Å². The predicted molar refractivity (Wildman–Crippen MR) is 124 cm³/mol. The molecule has 2 fully saturated rings. The fraction of sp³-hybridized carbons (Fsp3) is 0.500. The van der Waals surface area contributed by atoms with E-state index >= 15 is 0 Å². The highest BCUT2D eigenvalue weighted by Gasteiger charge is 2.72.